The number of imide groups is 1. The van der Waals surface area contributed by atoms with Gasteiger partial charge in [0.15, 0.2) is 5.78 Å². The molecule has 3 aromatic carbocycles. The fraction of sp³-hybridized carbons (Fsp3) is 0.194. The normalized spacial score (nSPS) is 19.8. The predicted molar refractivity (Wildman–Crippen MR) is 146 cm³/mol. The van der Waals surface area contributed by atoms with Crippen molar-refractivity contribution in [3.05, 3.63) is 113 Å². The lowest BCUT2D eigenvalue weighted by Gasteiger charge is -2.30. The maximum absolute atomic E-state index is 13.6. The molecule has 0 N–H and O–H groups in total. The van der Waals surface area contributed by atoms with Crippen LogP contribution < -0.4 is 4.74 Å². The van der Waals surface area contributed by atoms with Crippen LogP contribution in [0.4, 0.5) is 0 Å². The Morgan fingerprint density at radius 2 is 1.52 bits per heavy atom. The van der Waals surface area contributed by atoms with Crippen LogP contribution in [0.5, 0.6) is 5.75 Å². The van der Waals surface area contributed by atoms with Gasteiger partial charge in [0.05, 0.1) is 17.4 Å². The van der Waals surface area contributed by atoms with Crippen LogP contribution in [0.3, 0.4) is 0 Å². The summed E-state index contributed by atoms with van der Waals surface area (Å²) in [7, 11) is 0. The van der Waals surface area contributed by atoms with Gasteiger partial charge >= 0.3 is 5.97 Å². The maximum atomic E-state index is 13.6. The third kappa shape index (κ3) is 5.31. The Bertz CT molecular complexity index is 1500. The highest BCUT2D eigenvalue weighted by Gasteiger charge is 2.53. The minimum Gasteiger partial charge on any atom is -0.423 e. The molecule has 0 unspecified atom stereocenters. The summed E-state index contributed by atoms with van der Waals surface area (Å²) in [6.07, 6.45) is 4.14. The minimum atomic E-state index is -0.681. The first kappa shape index (κ1) is 27.0. The van der Waals surface area contributed by atoms with Gasteiger partial charge in [-0.25, -0.2) is 9.80 Å². The van der Waals surface area contributed by atoms with E-state index in [0.29, 0.717) is 17.0 Å². The van der Waals surface area contributed by atoms with Gasteiger partial charge in [0, 0.05) is 16.1 Å². The fourth-order valence-electron chi connectivity index (χ4n) is 5.02. The van der Waals surface area contributed by atoms with Gasteiger partial charge in [0.2, 0.25) is 0 Å². The molecule has 0 saturated carbocycles. The lowest BCUT2D eigenvalue weighted by molar-refractivity contribution is -0.154. The van der Waals surface area contributed by atoms with E-state index in [4.69, 9.17) is 16.3 Å². The first-order valence-electron chi connectivity index (χ1n) is 12.8. The second kappa shape index (κ2) is 11.3. The van der Waals surface area contributed by atoms with Crippen molar-refractivity contribution < 1.29 is 28.7 Å². The average Bonchev–Trinajstić information content (AvgIpc) is 3.22. The summed E-state index contributed by atoms with van der Waals surface area (Å²) in [6, 6.07) is 20.3. The van der Waals surface area contributed by atoms with E-state index in [-0.39, 0.29) is 22.8 Å². The smallest absolute Gasteiger partial charge is 0.343 e. The second-order valence-corrected chi connectivity index (χ2v) is 10.2. The lowest BCUT2D eigenvalue weighted by atomic mass is 9.78. The Balaban J connectivity index is 1.39. The number of carbonyl (C=O) groups excluding carboxylic acids is 5. The topological polar surface area (TPSA) is 101 Å². The Labute approximate surface area is 235 Å². The summed E-state index contributed by atoms with van der Waals surface area (Å²) >= 11 is 5.98. The van der Waals surface area contributed by atoms with Gasteiger partial charge < -0.3 is 4.74 Å². The Kier molecular flexibility index (Phi) is 7.62. The number of hydrazine groups is 1. The first-order valence-corrected chi connectivity index (χ1v) is 13.1. The zero-order valence-electron chi connectivity index (χ0n) is 21.5. The highest BCUT2D eigenvalue weighted by atomic mass is 35.5. The monoisotopic (exact) mass is 556 g/mol. The lowest BCUT2D eigenvalue weighted by Crippen LogP contribution is -2.52. The quantitative estimate of drug-likeness (QED) is 0.133. The third-order valence-corrected chi connectivity index (χ3v) is 7.36. The van der Waals surface area contributed by atoms with Gasteiger partial charge in [-0.1, -0.05) is 48.9 Å². The number of halogens is 1. The molecule has 8 nitrogen and oxygen atoms in total. The minimum absolute atomic E-state index is 0.169. The fourth-order valence-corrected chi connectivity index (χ4v) is 5.15. The van der Waals surface area contributed by atoms with Crippen LogP contribution in [-0.2, 0) is 9.59 Å². The van der Waals surface area contributed by atoms with Crippen LogP contribution in [0.2, 0.25) is 5.02 Å². The molecule has 0 aromatic heterocycles. The van der Waals surface area contributed by atoms with Gasteiger partial charge in [-0.3, -0.25) is 19.2 Å². The molecule has 1 fully saturated rings. The number of hydrogen-bond donors (Lipinski definition) is 0. The zero-order valence-corrected chi connectivity index (χ0v) is 22.3. The molecule has 3 atom stereocenters. The van der Waals surface area contributed by atoms with Crippen molar-refractivity contribution in [1.82, 2.24) is 10.0 Å². The Morgan fingerprint density at radius 1 is 0.875 bits per heavy atom. The van der Waals surface area contributed by atoms with Crippen LogP contribution in [0.1, 0.15) is 44.4 Å². The molecule has 1 saturated heterocycles. The SMILES string of the molecule is C[C@@H]1C=CC[C@@H]2C(=O)N(N(CC(=O)c3ccc(OC(=O)c4ccccc4)cc3)C(=O)c3ccc(Cl)cc3)C(=O)[C@H]12. The van der Waals surface area contributed by atoms with Crippen molar-refractivity contribution in [2.24, 2.45) is 17.8 Å². The summed E-state index contributed by atoms with van der Waals surface area (Å²) in [6.45, 7) is 1.30. The van der Waals surface area contributed by atoms with E-state index in [9.17, 15) is 24.0 Å². The molecule has 0 bridgehead atoms. The molecule has 3 amide bonds. The van der Waals surface area contributed by atoms with Crippen LogP contribution >= 0.6 is 11.6 Å². The number of Topliss-reactive ketones (excluding diaryl/α,β-unsaturated/α-hetero) is 1. The maximum Gasteiger partial charge on any atom is 0.343 e. The Hall–Kier alpha value is -4.56. The first-order chi connectivity index (χ1) is 19.2. The van der Waals surface area contributed by atoms with E-state index < -0.39 is 47.9 Å². The van der Waals surface area contributed by atoms with Crippen molar-refractivity contribution >= 4 is 41.1 Å². The van der Waals surface area contributed by atoms with Gasteiger partial charge in [-0.05, 0) is 73.0 Å². The van der Waals surface area contributed by atoms with Crippen LogP contribution in [0.15, 0.2) is 91.0 Å². The summed E-state index contributed by atoms with van der Waals surface area (Å²) < 4.78 is 5.37. The highest BCUT2D eigenvalue weighted by molar-refractivity contribution is 6.30. The van der Waals surface area contributed by atoms with Crippen molar-refractivity contribution in [3.8, 4) is 5.75 Å². The van der Waals surface area contributed by atoms with Gasteiger partial charge in [-0.2, -0.15) is 5.01 Å². The summed E-state index contributed by atoms with van der Waals surface area (Å²) in [5.41, 5.74) is 0.756. The van der Waals surface area contributed by atoms with Gasteiger partial charge in [0.25, 0.3) is 17.7 Å². The molecular formula is C31H25ClN2O6. The number of rotatable bonds is 7. The molecule has 9 heteroatoms. The number of benzene rings is 3. The third-order valence-electron chi connectivity index (χ3n) is 7.11. The van der Waals surface area contributed by atoms with Gasteiger partial charge in [0.1, 0.15) is 12.3 Å². The standard InChI is InChI=1S/C31H25ClN2O6/c1-19-6-5-9-25-27(19)30(38)34(29(25)37)33(28(36)21-10-14-23(32)15-11-21)18-26(35)20-12-16-24(17-13-20)40-31(39)22-7-3-2-4-8-22/h2-8,10-17,19,25,27H,9,18H2,1H3/t19-,25+,27-/m1/s1. The van der Waals surface area contributed by atoms with E-state index in [2.05, 4.69) is 0 Å². The van der Waals surface area contributed by atoms with Crippen LogP contribution in [-0.4, -0.2) is 46.0 Å². The Morgan fingerprint density at radius 3 is 2.17 bits per heavy atom. The molecule has 1 aliphatic carbocycles. The molecule has 0 spiro atoms. The van der Waals surface area contributed by atoms with Gasteiger partial charge in [-0.15, -0.1) is 0 Å². The predicted octanol–water partition coefficient (Wildman–Crippen LogP) is 5.00. The molecular weight excluding hydrogens is 532 g/mol. The van der Waals surface area contributed by atoms with E-state index in [1.54, 1.807) is 30.3 Å². The summed E-state index contributed by atoms with van der Waals surface area (Å²) in [5, 5.41) is 2.17. The van der Waals surface area contributed by atoms with E-state index in [1.807, 2.05) is 19.1 Å². The molecule has 1 heterocycles. The van der Waals surface area contributed by atoms with E-state index >= 15 is 0 Å². The summed E-state index contributed by atoms with van der Waals surface area (Å²) in [4.78, 5) is 66.2. The number of ketones is 1. The van der Waals surface area contributed by atoms with Crippen LogP contribution in [0.25, 0.3) is 0 Å². The number of hydrogen-bond acceptors (Lipinski definition) is 6. The number of nitrogens with zero attached hydrogens (tertiary/aromatic N) is 2. The van der Waals surface area contributed by atoms with Crippen LogP contribution in [0, 0.1) is 17.8 Å². The van der Waals surface area contributed by atoms with E-state index in [1.165, 1.54) is 48.5 Å². The van der Waals surface area contributed by atoms with Crippen molar-refractivity contribution in [3.63, 3.8) is 0 Å². The molecule has 202 valence electrons. The number of allylic oxidation sites excluding steroid dienone is 2. The zero-order chi connectivity index (χ0) is 28.4. The summed E-state index contributed by atoms with van der Waals surface area (Å²) in [5.74, 6) is -3.91. The number of esters is 1. The number of amides is 3. The number of carbonyl (C=O) groups is 5. The number of fused-ring (bicyclic) bond motifs is 1. The molecule has 0 radical (unpaired) electrons. The molecule has 40 heavy (non-hydrogen) atoms. The van der Waals surface area contributed by atoms with Crippen molar-refractivity contribution in [2.45, 2.75) is 13.3 Å². The highest BCUT2D eigenvalue weighted by Crippen LogP contribution is 2.39. The molecule has 3 aromatic rings. The molecule has 1 aliphatic heterocycles. The molecule has 2 aliphatic rings. The van der Waals surface area contributed by atoms with Crippen molar-refractivity contribution in [1.29, 1.82) is 0 Å². The number of ether oxygens (including phenoxy) is 1. The van der Waals surface area contributed by atoms with E-state index in [0.717, 1.165) is 10.0 Å². The molecule has 5 rings (SSSR count). The second-order valence-electron chi connectivity index (χ2n) is 9.72. The average molecular weight is 557 g/mol. The van der Waals surface area contributed by atoms with Crippen molar-refractivity contribution in [2.75, 3.05) is 6.54 Å². The largest absolute Gasteiger partial charge is 0.423 e.